The molecule has 0 fully saturated rings. The third-order valence-corrected chi connectivity index (χ3v) is 5.01. The summed E-state index contributed by atoms with van der Waals surface area (Å²) in [6.45, 7) is 5.47. The van der Waals surface area contributed by atoms with Crippen LogP contribution in [0.15, 0.2) is 27.7 Å². The first kappa shape index (κ1) is 17.7. The van der Waals surface area contributed by atoms with Gasteiger partial charge in [-0.25, -0.2) is 4.98 Å². The zero-order valence-corrected chi connectivity index (χ0v) is 16.1. The quantitative estimate of drug-likeness (QED) is 0.600. The lowest BCUT2D eigenvalue weighted by Gasteiger charge is -2.12. The molecule has 0 aliphatic rings. The lowest BCUT2D eigenvalue weighted by molar-refractivity contribution is 0.412. The number of methoxy groups -OCH3 is 1. The number of nitrogens with zero attached hydrogens (tertiary/aromatic N) is 2. The number of ether oxygens (including phenoxy) is 1. The Labute approximate surface area is 149 Å². The molecule has 0 amide bonds. The third-order valence-electron chi connectivity index (χ3n) is 3.32. The Morgan fingerprint density at radius 2 is 2.04 bits per heavy atom. The molecule has 124 valence electrons. The Hall–Kier alpha value is -1.60. The molecule has 0 aliphatic heterocycles. The van der Waals surface area contributed by atoms with Gasteiger partial charge in [0.1, 0.15) is 5.75 Å². The summed E-state index contributed by atoms with van der Waals surface area (Å²) in [6.07, 6.45) is 0. The summed E-state index contributed by atoms with van der Waals surface area (Å²) in [6, 6.07) is 6.01. The summed E-state index contributed by atoms with van der Waals surface area (Å²) < 4.78 is 6.18. The van der Waals surface area contributed by atoms with Gasteiger partial charge in [0.05, 0.1) is 28.8 Å². The second-order valence-electron chi connectivity index (χ2n) is 4.99. The van der Waals surface area contributed by atoms with Crippen molar-refractivity contribution in [2.45, 2.75) is 26.9 Å². The molecule has 0 atom stereocenters. The van der Waals surface area contributed by atoms with Gasteiger partial charge in [0.15, 0.2) is 5.96 Å². The van der Waals surface area contributed by atoms with Gasteiger partial charge in [0.2, 0.25) is 0 Å². The van der Waals surface area contributed by atoms with Crippen LogP contribution in [0, 0.1) is 13.8 Å². The highest BCUT2D eigenvalue weighted by Crippen LogP contribution is 2.25. The molecule has 0 radical (unpaired) electrons. The Kier molecular flexibility index (Phi) is 6.41. The molecular formula is C16H21BrN4OS. The first-order valence-corrected chi connectivity index (χ1v) is 8.84. The Balaban J connectivity index is 1.90. The zero-order chi connectivity index (χ0) is 16.8. The number of aromatic nitrogens is 1. The van der Waals surface area contributed by atoms with E-state index in [1.807, 2.05) is 32.0 Å². The predicted octanol–water partition coefficient (Wildman–Crippen LogP) is 3.40. The molecule has 7 heteroatoms. The number of aryl methyl sites for hydroxylation is 2. The summed E-state index contributed by atoms with van der Waals surface area (Å²) in [4.78, 5) is 9.92. The van der Waals surface area contributed by atoms with Crippen molar-refractivity contribution in [1.82, 2.24) is 15.6 Å². The van der Waals surface area contributed by atoms with Crippen LogP contribution in [0.25, 0.3) is 0 Å². The fourth-order valence-electron chi connectivity index (χ4n) is 2.13. The predicted molar refractivity (Wildman–Crippen MR) is 99.3 cm³/mol. The van der Waals surface area contributed by atoms with Crippen molar-refractivity contribution >= 4 is 33.2 Å². The maximum atomic E-state index is 5.24. The van der Waals surface area contributed by atoms with Crippen molar-refractivity contribution < 1.29 is 4.74 Å². The number of thiazole rings is 1. The summed E-state index contributed by atoms with van der Waals surface area (Å²) in [5.41, 5.74) is 2.22. The van der Waals surface area contributed by atoms with E-state index in [4.69, 9.17) is 4.74 Å². The normalized spacial score (nSPS) is 11.4. The molecule has 2 rings (SSSR count). The van der Waals surface area contributed by atoms with E-state index in [1.54, 1.807) is 25.5 Å². The van der Waals surface area contributed by atoms with Crippen LogP contribution in [0.1, 0.15) is 21.1 Å². The van der Waals surface area contributed by atoms with Gasteiger partial charge in [-0.05, 0) is 47.5 Å². The summed E-state index contributed by atoms with van der Waals surface area (Å²) >= 11 is 5.21. The number of halogens is 1. The van der Waals surface area contributed by atoms with Crippen LogP contribution in [0.2, 0.25) is 0 Å². The van der Waals surface area contributed by atoms with Gasteiger partial charge in [-0.15, -0.1) is 11.3 Å². The van der Waals surface area contributed by atoms with E-state index >= 15 is 0 Å². The Bertz CT molecular complexity index is 699. The van der Waals surface area contributed by atoms with Gasteiger partial charge in [-0.2, -0.15) is 0 Å². The smallest absolute Gasteiger partial charge is 0.191 e. The number of nitrogens with one attached hydrogen (secondary N) is 2. The standard InChI is InChI=1S/C16H21BrN4OS/c1-10-15(23-11(2)21-10)9-20-16(18-3)19-8-12-5-6-14(22-4)13(17)7-12/h5-7H,8-9H2,1-4H3,(H2,18,19,20). The van der Waals surface area contributed by atoms with Gasteiger partial charge in [0.25, 0.3) is 0 Å². The number of guanidine groups is 1. The molecule has 2 N–H and O–H groups in total. The molecule has 0 spiro atoms. The van der Waals surface area contributed by atoms with E-state index in [0.717, 1.165) is 39.0 Å². The van der Waals surface area contributed by atoms with E-state index in [0.29, 0.717) is 6.54 Å². The highest BCUT2D eigenvalue weighted by molar-refractivity contribution is 9.10. The molecule has 0 saturated carbocycles. The topological polar surface area (TPSA) is 58.5 Å². The van der Waals surface area contributed by atoms with E-state index in [-0.39, 0.29) is 0 Å². The van der Waals surface area contributed by atoms with Crippen molar-refractivity contribution in [1.29, 1.82) is 0 Å². The molecule has 0 unspecified atom stereocenters. The number of hydrogen-bond donors (Lipinski definition) is 2. The SMILES string of the molecule is CN=C(NCc1ccc(OC)c(Br)c1)NCc1sc(C)nc1C. The highest BCUT2D eigenvalue weighted by atomic mass is 79.9. The van der Waals surface area contributed by atoms with E-state index in [1.165, 1.54) is 4.88 Å². The van der Waals surface area contributed by atoms with E-state index < -0.39 is 0 Å². The average Bonchev–Trinajstić information content (AvgIpc) is 2.85. The minimum Gasteiger partial charge on any atom is -0.496 e. The molecule has 1 aromatic carbocycles. The molecule has 23 heavy (non-hydrogen) atoms. The van der Waals surface area contributed by atoms with Crippen LogP contribution in [0.3, 0.4) is 0 Å². The van der Waals surface area contributed by atoms with Gasteiger partial charge in [0, 0.05) is 18.5 Å². The molecule has 1 heterocycles. The van der Waals surface area contributed by atoms with Gasteiger partial charge in [-0.3, -0.25) is 4.99 Å². The van der Waals surface area contributed by atoms with Crippen LogP contribution in [0.4, 0.5) is 0 Å². The minimum atomic E-state index is 0.684. The van der Waals surface area contributed by atoms with Crippen LogP contribution in [-0.2, 0) is 13.1 Å². The molecule has 0 bridgehead atoms. The lowest BCUT2D eigenvalue weighted by atomic mass is 10.2. The van der Waals surface area contributed by atoms with Crippen molar-refractivity contribution in [3.63, 3.8) is 0 Å². The van der Waals surface area contributed by atoms with Crippen LogP contribution < -0.4 is 15.4 Å². The lowest BCUT2D eigenvalue weighted by Crippen LogP contribution is -2.36. The van der Waals surface area contributed by atoms with Crippen LogP contribution >= 0.6 is 27.3 Å². The highest BCUT2D eigenvalue weighted by Gasteiger charge is 2.06. The molecule has 1 aromatic heterocycles. The minimum absolute atomic E-state index is 0.684. The van der Waals surface area contributed by atoms with Crippen LogP contribution in [0.5, 0.6) is 5.75 Å². The third kappa shape index (κ3) is 4.94. The second-order valence-corrected chi connectivity index (χ2v) is 7.13. The summed E-state index contributed by atoms with van der Waals surface area (Å²) in [7, 11) is 3.43. The number of aliphatic imine (C=N–C) groups is 1. The number of rotatable bonds is 5. The van der Waals surface area contributed by atoms with Gasteiger partial charge < -0.3 is 15.4 Å². The molecule has 2 aromatic rings. The average molecular weight is 397 g/mol. The monoisotopic (exact) mass is 396 g/mol. The number of benzene rings is 1. The summed E-state index contributed by atoms with van der Waals surface area (Å²) in [5.74, 6) is 1.59. The first-order valence-electron chi connectivity index (χ1n) is 7.23. The maximum absolute atomic E-state index is 5.24. The van der Waals surface area contributed by atoms with Crippen molar-refractivity contribution in [2.75, 3.05) is 14.2 Å². The molecule has 0 aliphatic carbocycles. The van der Waals surface area contributed by atoms with Crippen molar-refractivity contribution in [3.05, 3.63) is 43.8 Å². The summed E-state index contributed by atoms with van der Waals surface area (Å²) in [5, 5.41) is 7.72. The van der Waals surface area contributed by atoms with Crippen LogP contribution in [-0.4, -0.2) is 25.1 Å². The zero-order valence-electron chi connectivity index (χ0n) is 13.7. The van der Waals surface area contributed by atoms with E-state index in [2.05, 4.69) is 36.5 Å². The molecule has 5 nitrogen and oxygen atoms in total. The Morgan fingerprint density at radius 3 is 2.61 bits per heavy atom. The van der Waals surface area contributed by atoms with E-state index in [9.17, 15) is 0 Å². The molecule has 0 saturated heterocycles. The fourth-order valence-corrected chi connectivity index (χ4v) is 3.59. The first-order chi connectivity index (χ1) is 11.0. The van der Waals surface area contributed by atoms with Crippen molar-refractivity contribution in [2.24, 2.45) is 4.99 Å². The largest absolute Gasteiger partial charge is 0.496 e. The van der Waals surface area contributed by atoms with Gasteiger partial charge >= 0.3 is 0 Å². The Morgan fingerprint density at radius 1 is 1.30 bits per heavy atom. The molecular weight excluding hydrogens is 376 g/mol. The second kappa shape index (κ2) is 8.31. The number of hydrogen-bond acceptors (Lipinski definition) is 4. The fraction of sp³-hybridized carbons (Fsp3) is 0.375. The van der Waals surface area contributed by atoms with Gasteiger partial charge in [-0.1, -0.05) is 6.07 Å². The maximum Gasteiger partial charge on any atom is 0.191 e. The van der Waals surface area contributed by atoms with Crippen molar-refractivity contribution in [3.8, 4) is 5.75 Å².